The maximum absolute atomic E-state index is 13.4. The summed E-state index contributed by atoms with van der Waals surface area (Å²) >= 11 is 0. The standard InChI is InChI=1S/C17H17FN2O3/c18-13-8-4-5-9-14(13)20-17(23)16(22)19-11-10-15(21)12-6-2-1-3-7-12/h1-9,15,21H,10-11H2,(H,19,22)(H,20,23). The van der Waals surface area contributed by atoms with Gasteiger partial charge in [0.05, 0.1) is 11.8 Å². The van der Waals surface area contributed by atoms with Crippen molar-refractivity contribution in [3.63, 3.8) is 0 Å². The van der Waals surface area contributed by atoms with E-state index in [0.29, 0.717) is 0 Å². The third-order valence-corrected chi connectivity index (χ3v) is 3.22. The molecule has 0 saturated heterocycles. The van der Waals surface area contributed by atoms with Crippen LogP contribution < -0.4 is 10.6 Å². The van der Waals surface area contributed by atoms with Gasteiger partial charge in [0.15, 0.2) is 0 Å². The molecule has 0 saturated carbocycles. The zero-order chi connectivity index (χ0) is 16.7. The fourth-order valence-electron chi connectivity index (χ4n) is 1.99. The number of anilines is 1. The molecule has 2 aromatic rings. The molecule has 0 aliphatic heterocycles. The molecule has 0 spiro atoms. The average Bonchev–Trinajstić information content (AvgIpc) is 2.57. The number of benzene rings is 2. The lowest BCUT2D eigenvalue weighted by Gasteiger charge is -2.11. The van der Waals surface area contributed by atoms with Gasteiger partial charge in [0.25, 0.3) is 0 Å². The van der Waals surface area contributed by atoms with Crippen molar-refractivity contribution in [2.45, 2.75) is 12.5 Å². The van der Waals surface area contributed by atoms with Crippen LogP contribution in [0.4, 0.5) is 10.1 Å². The summed E-state index contributed by atoms with van der Waals surface area (Å²) in [6.45, 7) is 0.125. The van der Waals surface area contributed by atoms with Crippen LogP contribution in [0, 0.1) is 5.82 Å². The molecule has 0 heterocycles. The minimum absolute atomic E-state index is 0.0584. The van der Waals surface area contributed by atoms with Gasteiger partial charge >= 0.3 is 11.8 Å². The summed E-state index contributed by atoms with van der Waals surface area (Å²) in [5.41, 5.74) is 0.675. The lowest BCUT2D eigenvalue weighted by molar-refractivity contribution is -0.136. The van der Waals surface area contributed by atoms with Gasteiger partial charge < -0.3 is 15.7 Å². The van der Waals surface area contributed by atoms with Gasteiger partial charge in [-0.15, -0.1) is 0 Å². The molecule has 2 aromatic carbocycles. The number of amides is 2. The number of nitrogens with one attached hydrogen (secondary N) is 2. The number of para-hydroxylation sites is 1. The topological polar surface area (TPSA) is 78.4 Å². The molecule has 120 valence electrons. The van der Waals surface area contributed by atoms with E-state index >= 15 is 0 Å². The molecule has 0 fully saturated rings. The largest absolute Gasteiger partial charge is 0.388 e. The maximum Gasteiger partial charge on any atom is 0.313 e. The molecule has 6 heteroatoms. The van der Waals surface area contributed by atoms with Crippen LogP contribution in [0.1, 0.15) is 18.1 Å². The zero-order valence-corrected chi connectivity index (χ0v) is 12.3. The monoisotopic (exact) mass is 316 g/mol. The van der Waals surface area contributed by atoms with Gasteiger partial charge in [0.2, 0.25) is 0 Å². The first-order valence-corrected chi connectivity index (χ1v) is 7.14. The van der Waals surface area contributed by atoms with Gasteiger partial charge in [-0.05, 0) is 24.1 Å². The molecule has 0 aromatic heterocycles. The van der Waals surface area contributed by atoms with Gasteiger partial charge in [-0.3, -0.25) is 9.59 Å². The van der Waals surface area contributed by atoms with Crippen LogP contribution in [0.25, 0.3) is 0 Å². The summed E-state index contributed by atoms with van der Waals surface area (Å²) in [5, 5.41) is 14.5. The van der Waals surface area contributed by atoms with Gasteiger partial charge in [-0.25, -0.2) is 4.39 Å². The Labute approximate surface area is 133 Å². The molecule has 1 atom stereocenters. The normalized spacial score (nSPS) is 11.6. The Bertz CT molecular complexity index is 677. The number of hydrogen-bond acceptors (Lipinski definition) is 3. The highest BCUT2D eigenvalue weighted by Gasteiger charge is 2.15. The van der Waals surface area contributed by atoms with E-state index in [2.05, 4.69) is 10.6 Å². The summed E-state index contributed by atoms with van der Waals surface area (Å²) in [5.74, 6) is -2.45. The van der Waals surface area contributed by atoms with Crippen molar-refractivity contribution in [2.24, 2.45) is 0 Å². The molecule has 0 aliphatic rings. The highest BCUT2D eigenvalue weighted by Crippen LogP contribution is 2.15. The number of carbonyl (C=O) groups is 2. The summed E-state index contributed by atoms with van der Waals surface area (Å²) in [6, 6.07) is 14.6. The number of hydrogen-bond donors (Lipinski definition) is 3. The van der Waals surface area contributed by atoms with Crippen LogP contribution in [0.15, 0.2) is 54.6 Å². The number of carbonyl (C=O) groups excluding carboxylic acids is 2. The number of aliphatic hydroxyl groups excluding tert-OH is 1. The van der Waals surface area contributed by atoms with E-state index in [-0.39, 0.29) is 18.7 Å². The van der Waals surface area contributed by atoms with E-state index in [0.717, 1.165) is 5.56 Å². The minimum Gasteiger partial charge on any atom is -0.388 e. The van der Waals surface area contributed by atoms with Crippen molar-refractivity contribution in [3.8, 4) is 0 Å². The third kappa shape index (κ3) is 4.89. The Hall–Kier alpha value is -2.73. The van der Waals surface area contributed by atoms with Gasteiger partial charge in [-0.2, -0.15) is 0 Å². The van der Waals surface area contributed by atoms with Crippen molar-refractivity contribution in [2.75, 3.05) is 11.9 Å². The lowest BCUT2D eigenvalue weighted by Crippen LogP contribution is -2.36. The number of aliphatic hydroxyl groups is 1. The van der Waals surface area contributed by atoms with Crippen LogP contribution >= 0.6 is 0 Å². The Morgan fingerprint density at radius 1 is 1.00 bits per heavy atom. The quantitative estimate of drug-likeness (QED) is 0.738. The highest BCUT2D eigenvalue weighted by atomic mass is 19.1. The molecule has 3 N–H and O–H groups in total. The second-order valence-corrected chi connectivity index (χ2v) is 4.91. The third-order valence-electron chi connectivity index (χ3n) is 3.22. The summed E-state index contributed by atoms with van der Waals surface area (Å²) in [4.78, 5) is 23.3. The maximum atomic E-state index is 13.4. The van der Waals surface area contributed by atoms with E-state index in [9.17, 15) is 19.1 Å². The first kappa shape index (κ1) is 16.6. The number of halogens is 1. The molecule has 1 unspecified atom stereocenters. The van der Waals surface area contributed by atoms with Crippen molar-refractivity contribution >= 4 is 17.5 Å². The highest BCUT2D eigenvalue weighted by molar-refractivity contribution is 6.39. The molecular weight excluding hydrogens is 299 g/mol. The van der Waals surface area contributed by atoms with Gasteiger partial charge in [0, 0.05) is 6.54 Å². The van der Waals surface area contributed by atoms with Crippen LogP contribution in [0.2, 0.25) is 0 Å². The summed E-state index contributed by atoms with van der Waals surface area (Å²) in [6.07, 6.45) is -0.464. The fourth-order valence-corrected chi connectivity index (χ4v) is 1.99. The van der Waals surface area contributed by atoms with Crippen molar-refractivity contribution in [1.82, 2.24) is 5.32 Å². The molecule has 0 radical (unpaired) electrons. The first-order valence-electron chi connectivity index (χ1n) is 7.14. The van der Waals surface area contributed by atoms with Crippen LogP contribution in [-0.2, 0) is 9.59 Å². The Morgan fingerprint density at radius 2 is 1.65 bits per heavy atom. The average molecular weight is 316 g/mol. The van der Waals surface area contributed by atoms with E-state index in [1.807, 2.05) is 6.07 Å². The van der Waals surface area contributed by atoms with Gasteiger partial charge in [-0.1, -0.05) is 42.5 Å². The van der Waals surface area contributed by atoms with E-state index in [1.54, 1.807) is 30.3 Å². The molecule has 2 amide bonds. The summed E-state index contributed by atoms with van der Waals surface area (Å²) < 4.78 is 13.4. The molecular formula is C17H17FN2O3. The van der Waals surface area contributed by atoms with Crippen LogP contribution in [-0.4, -0.2) is 23.5 Å². The second kappa shape index (κ2) is 8.05. The zero-order valence-electron chi connectivity index (χ0n) is 12.3. The first-order chi connectivity index (χ1) is 11.1. The van der Waals surface area contributed by atoms with E-state index < -0.39 is 23.7 Å². The van der Waals surface area contributed by atoms with Crippen molar-refractivity contribution in [3.05, 3.63) is 66.0 Å². The Kier molecular flexibility index (Phi) is 5.82. The summed E-state index contributed by atoms with van der Waals surface area (Å²) in [7, 11) is 0. The smallest absolute Gasteiger partial charge is 0.313 e. The number of rotatable bonds is 5. The fraction of sp³-hybridized carbons (Fsp3) is 0.176. The van der Waals surface area contributed by atoms with Crippen LogP contribution in [0.3, 0.4) is 0 Å². The van der Waals surface area contributed by atoms with E-state index in [4.69, 9.17) is 0 Å². The minimum atomic E-state index is -0.954. The van der Waals surface area contributed by atoms with E-state index in [1.165, 1.54) is 18.2 Å². The predicted molar refractivity (Wildman–Crippen MR) is 84.1 cm³/mol. The molecule has 23 heavy (non-hydrogen) atoms. The molecule has 0 aliphatic carbocycles. The molecule has 0 bridgehead atoms. The second-order valence-electron chi connectivity index (χ2n) is 4.91. The van der Waals surface area contributed by atoms with Crippen molar-refractivity contribution in [1.29, 1.82) is 0 Å². The van der Waals surface area contributed by atoms with Crippen LogP contribution in [0.5, 0.6) is 0 Å². The Balaban J connectivity index is 1.78. The predicted octanol–water partition coefficient (Wildman–Crippen LogP) is 2.00. The molecule has 5 nitrogen and oxygen atoms in total. The molecule has 2 rings (SSSR count). The lowest BCUT2D eigenvalue weighted by atomic mass is 10.1. The SMILES string of the molecule is O=C(NCCC(O)c1ccccc1)C(=O)Nc1ccccc1F. The van der Waals surface area contributed by atoms with Gasteiger partial charge in [0.1, 0.15) is 5.82 Å². The Morgan fingerprint density at radius 3 is 2.35 bits per heavy atom. The van der Waals surface area contributed by atoms with Crippen molar-refractivity contribution < 1.29 is 19.1 Å².